The summed E-state index contributed by atoms with van der Waals surface area (Å²) in [4.78, 5) is 26.4. The molecule has 2 aromatic rings. The van der Waals surface area contributed by atoms with Gasteiger partial charge in [-0.1, -0.05) is 35.9 Å². The number of carbonyl (C=O) groups is 2. The molecule has 0 spiro atoms. The average molecular weight is 345 g/mol. The van der Waals surface area contributed by atoms with Gasteiger partial charge in [0.1, 0.15) is 11.3 Å². The summed E-state index contributed by atoms with van der Waals surface area (Å²) in [7, 11) is 1.56. The summed E-state index contributed by atoms with van der Waals surface area (Å²) in [5.41, 5.74) is 0.398. The predicted octanol–water partition coefficient (Wildman–Crippen LogP) is 3.32. The van der Waals surface area contributed by atoms with Crippen LogP contribution in [0.3, 0.4) is 0 Å². The van der Waals surface area contributed by atoms with Gasteiger partial charge < -0.3 is 10.1 Å². The molecular weight excluding hydrogens is 328 g/mol. The number of nitrogens with one attached hydrogen (secondary N) is 1. The standard InChI is InChI=1S/C18H17ClN2O3/c1-18(13-4-3-5-15(10-13)24-2)16(22)21(17(23)20-18)11-12-6-8-14(19)9-7-12/h3-10H,11H2,1-2H3,(H,20,23). The SMILES string of the molecule is COc1cccc(C2(C)NC(=O)N(Cc3ccc(Cl)cc3)C2=O)c1. The van der Waals surface area contributed by atoms with Crippen molar-refractivity contribution in [1.29, 1.82) is 0 Å². The highest BCUT2D eigenvalue weighted by molar-refractivity contribution is 6.30. The van der Waals surface area contributed by atoms with Crippen LogP contribution in [-0.2, 0) is 16.9 Å². The summed E-state index contributed by atoms with van der Waals surface area (Å²) >= 11 is 5.87. The van der Waals surface area contributed by atoms with Crippen molar-refractivity contribution in [3.63, 3.8) is 0 Å². The van der Waals surface area contributed by atoms with Gasteiger partial charge in [0.05, 0.1) is 13.7 Å². The van der Waals surface area contributed by atoms with Crippen molar-refractivity contribution < 1.29 is 14.3 Å². The van der Waals surface area contributed by atoms with Crippen LogP contribution in [0.2, 0.25) is 5.02 Å². The Bertz CT molecular complexity index is 791. The van der Waals surface area contributed by atoms with Gasteiger partial charge in [-0.05, 0) is 42.3 Å². The third-order valence-corrected chi connectivity index (χ3v) is 4.43. The van der Waals surface area contributed by atoms with Gasteiger partial charge in [0, 0.05) is 5.02 Å². The van der Waals surface area contributed by atoms with Crippen LogP contribution in [0.4, 0.5) is 4.79 Å². The molecule has 0 aliphatic carbocycles. The monoisotopic (exact) mass is 344 g/mol. The van der Waals surface area contributed by atoms with E-state index in [9.17, 15) is 9.59 Å². The summed E-state index contributed by atoms with van der Waals surface area (Å²) in [5, 5.41) is 3.39. The zero-order valence-corrected chi connectivity index (χ0v) is 14.1. The van der Waals surface area contributed by atoms with Gasteiger partial charge in [-0.3, -0.25) is 9.69 Å². The van der Waals surface area contributed by atoms with Gasteiger partial charge in [-0.2, -0.15) is 0 Å². The van der Waals surface area contributed by atoms with Crippen molar-refractivity contribution in [2.45, 2.75) is 19.0 Å². The van der Waals surface area contributed by atoms with E-state index in [-0.39, 0.29) is 12.5 Å². The first-order valence-corrected chi connectivity index (χ1v) is 7.85. The molecule has 0 saturated carbocycles. The zero-order chi connectivity index (χ0) is 17.3. The summed E-state index contributed by atoms with van der Waals surface area (Å²) in [6.07, 6.45) is 0. The number of ether oxygens (including phenoxy) is 1. The molecule has 1 unspecified atom stereocenters. The van der Waals surface area contributed by atoms with Gasteiger partial charge in [-0.15, -0.1) is 0 Å². The van der Waals surface area contributed by atoms with Crippen molar-refractivity contribution in [2.75, 3.05) is 7.11 Å². The Morgan fingerprint density at radius 1 is 1.17 bits per heavy atom. The summed E-state index contributed by atoms with van der Waals surface area (Å²) in [6.45, 7) is 1.89. The van der Waals surface area contributed by atoms with Crippen molar-refractivity contribution in [3.05, 3.63) is 64.7 Å². The summed E-state index contributed by atoms with van der Waals surface area (Å²) < 4.78 is 5.21. The topological polar surface area (TPSA) is 58.6 Å². The van der Waals surface area contributed by atoms with Crippen LogP contribution in [0.5, 0.6) is 5.75 Å². The largest absolute Gasteiger partial charge is 0.497 e. The molecule has 1 aliphatic heterocycles. The number of hydrogen-bond acceptors (Lipinski definition) is 3. The van der Waals surface area contributed by atoms with Crippen molar-refractivity contribution in [3.8, 4) is 5.75 Å². The molecule has 1 saturated heterocycles. The number of benzene rings is 2. The van der Waals surface area contributed by atoms with E-state index in [2.05, 4.69) is 5.32 Å². The Labute approximate surface area is 145 Å². The van der Waals surface area contributed by atoms with Gasteiger partial charge in [0.25, 0.3) is 5.91 Å². The van der Waals surface area contributed by atoms with Crippen LogP contribution in [0.15, 0.2) is 48.5 Å². The van der Waals surface area contributed by atoms with Crippen LogP contribution in [0.25, 0.3) is 0 Å². The molecule has 5 nitrogen and oxygen atoms in total. The van der Waals surface area contributed by atoms with E-state index in [1.807, 2.05) is 0 Å². The van der Waals surface area contributed by atoms with E-state index < -0.39 is 11.6 Å². The zero-order valence-electron chi connectivity index (χ0n) is 13.4. The number of hydrogen-bond donors (Lipinski definition) is 1. The first-order chi connectivity index (χ1) is 11.4. The predicted molar refractivity (Wildman–Crippen MR) is 90.9 cm³/mol. The lowest BCUT2D eigenvalue weighted by Crippen LogP contribution is -2.40. The number of methoxy groups -OCH3 is 1. The molecule has 2 aromatic carbocycles. The van der Waals surface area contributed by atoms with E-state index in [1.165, 1.54) is 4.90 Å². The molecule has 3 amide bonds. The third kappa shape index (κ3) is 2.83. The molecule has 1 aliphatic rings. The maximum Gasteiger partial charge on any atom is 0.325 e. The highest BCUT2D eigenvalue weighted by Gasteiger charge is 2.48. The molecule has 0 bridgehead atoms. The fourth-order valence-electron chi connectivity index (χ4n) is 2.74. The molecule has 24 heavy (non-hydrogen) atoms. The maximum absolute atomic E-state index is 12.9. The minimum atomic E-state index is -1.11. The van der Waals surface area contributed by atoms with E-state index >= 15 is 0 Å². The Morgan fingerprint density at radius 3 is 2.54 bits per heavy atom. The fourth-order valence-corrected chi connectivity index (χ4v) is 2.87. The number of amides is 3. The van der Waals surface area contributed by atoms with Crippen LogP contribution < -0.4 is 10.1 Å². The molecule has 0 aromatic heterocycles. The Morgan fingerprint density at radius 2 is 1.88 bits per heavy atom. The molecule has 6 heteroatoms. The smallest absolute Gasteiger partial charge is 0.325 e. The summed E-state index contributed by atoms with van der Waals surface area (Å²) in [6, 6.07) is 13.8. The number of carbonyl (C=O) groups excluding carboxylic acids is 2. The number of imide groups is 1. The van der Waals surface area contributed by atoms with E-state index in [1.54, 1.807) is 62.6 Å². The van der Waals surface area contributed by atoms with Gasteiger partial charge in [0.15, 0.2) is 0 Å². The molecule has 3 rings (SSSR count). The minimum absolute atomic E-state index is 0.196. The van der Waals surface area contributed by atoms with Crippen molar-refractivity contribution in [1.82, 2.24) is 10.2 Å². The van der Waals surface area contributed by atoms with Crippen LogP contribution in [0.1, 0.15) is 18.1 Å². The lowest BCUT2D eigenvalue weighted by atomic mass is 9.92. The Hall–Kier alpha value is -2.53. The number of urea groups is 1. The van der Waals surface area contributed by atoms with E-state index in [0.717, 1.165) is 5.56 Å². The lowest BCUT2D eigenvalue weighted by molar-refractivity contribution is -0.131. The van der Waals surface area contributed by atoms with Gasteiger partial charge in [-0.25, -0.2) is 4.79 Å². The summed E-state index contributed by atoms with van der Waals surface area (Å²) in [5.74, 6) is 0.336. The lowest BCUT2D eigenvalue weighted by Gasteiger charge is -2.22. The van der Waals surface area contributed by atoms with Crippen LogP contribution >= 0.6 is 11.6 Å². The molecule has 1 heterocycles. The molecule has 1 atom stereocenters. The van der Waals surface area contributed by atoms with Crippen LogP contribution in [0, 0.1) is 0 Å². The molecular formula is C18H17ClN2O3. The number of nitrogens with zero attached hydrogens (tertiary/aromatic N) is 1. The number of halogens is 1. The van der Waals surface area contributed by atoms with E-state index in [4.69, 9.17) is 16.3 Å². The van der Waals surface area contributed by atoms with E-state index in [0.29, 0.717) is 16.3 Å². The molecule has 124 valence electrons. The highest BCUT2D eigenvalue weighted by Crippen LogP contribution is 2.31. The fraction of sp³-hybridized carbons (Fsp3) is 0.222. The molecule has 1 fully saturated rings. The Balaban J connectivity index is 1.88. The van der Waals surface area contributed by atoms with Gasteiger partial charge >= 0.3 is 6.03 Å². The quantitative estimate of drug-likeness (QED) is 0.866. The average Bonchev–Trinajstić information content (AvgIpc) is 2.81. The van der Waals surface area contributed by atoms with Crippen molar-refractivity contribution >= 4 is 23.5 Å². The molecule has 0 radical (unpaired) electrons. The molecule has 1 N–H and O–H groups in total. The normalized spacial score (nSPS) is 20.2. The first-order valence-electron chi connectivity index (χ1n) is 7.47. The second kappa shape index (κ2) is 6.17. The second-order valence-electron chi connectivity index (χ2n) is 5.80. The van der Waals surface area contributed by atoms with Crippen molar-refractivity contribution in [2.24, 2.45) is 0 Å². The highest BCUT2D eigenvalue weighted by atomic mass is 35.5. The minimum Gasteiger partial charge on any atom is -0.497 e. The first kappa shape index (κ1) is 16.3. The van der Waals surface area contributed by atoms with Crippen LogP contribution in [-0.4, -0.2) is 23.9 Å². The maximum atomic E-state index is 12.9. The van der Waals surface area contributed by atoms with Gasteiger partial charge in [0.2, 0.25) is 0 Å². The number of rotatable bonds is 4. The third-order valence-electron chi connectivity index (χ3n) is 4.18. The second-order valence-corrected chi connectivity index (χ2v) is 6.24. The Kier molecular flexibility index (Phi) is 4.20.